The molecule has 1 heterocycles. The van der Waals surface area contributed by atoms with Gasteiger partial charge in [0.05, 0.1) is 10.9 Å². The molecule has 2 N–H and O–H groups in total. The van der Waals surface area contributed by atoms with E-state index < -0.39 is 16.1 Å². The molecule has 28 heavy (non-hydrogen) atoms. The highest BCUT2D eigenvalue weighted by molar-refractivity contribution is 7.89. The number of benzene rings is 3. The summed E-state index contributed by atoms with van der Waals surface area (Å²) in [4.78, 5) is 3.52. The highest BCUT2D eigenvalue weighted by atomic mass is 32.2. The molecule has 4 nitrogen and oxygen atoms in total. The number of aryl methyl sites for hydroxylation is 2. The Morgan fingerprint density at radius 3 is 2.25 bits per heavy atom. The number of para-hydroxylation sites is 1. The molecule has 0 unspecified atom stereocenters. The van der Waals surface area contributed by atoms with E-state index in [0.717, 1.165) is 33.2 Å². The lowest BCUT2D eigenvalue weighted by molar-refractivity contribution is 0.572. The van der Waals surface area contributed by atoms with Crippen molar-refractivity contribution in [3.63, 3.8) is 0 Å². The summed E-state index contributed by atoms with van der Waals surface area (Å²) in [6.07, 6.45) is 1.89. The lowest BCUT2D eigenvalue weighted by atomic mass is 9.95. The zero-order chi connectivity index (χ0) is 19.7. The van der Waals surface area contributed by atoms with Crippen LogP contribution in [0.2, 0.25) is 0 Å². The second-order valence-electron chi connectivity index (χ2n) is 7.01. The van der Waals surface area contributed by atoms with Gasteiger partial charge in [-0.25, -0.2) is 8.42 Å². The van der Waals surface area contributed by atoms with Gasteiger partial charge in [0.25, 0.3) is 0 Å². The van der Waals surface area contributed by atoms with Crippen LogP contribution < -0.4 is 4.72 Å². The van der Waals surface area contributed by atoms with Crippen LogP contribution >= 0.6 is 0 Å². The highest BCUT2D eigenvalue weighted by Crippen LogP contribution is 2.32. The molecule has 0 fully saturated rings. The van der Waals surface area contributed by atoms with Crippen molar-refractivity contribution in [2.75, 3.05) is 0 Å². The molecule has 0 amide bonds. The predicted octanol–water partition coefficient (Wildman–Crippen LogP) is 4.85. The third-order valence-electron chi connectivity index (χ3n) is 5.04. The van der Waals surface area contributed by atoms with Crippen LogP contribution in [0.15, 0.2) is 83.9 Å². The largest absolute Gasteiger partial charge is 0.361 e. The van der Waals surface area contributed by atoms with Crippen LogP contribution in [0.4, 0.5) is 0 Å². The summed E-state index contributed by atoms with van der Waals surface area (Å²) in [6.45, 7) is 3.93. The molecule has 5 heteroatoms. The number of aromatic nitrogens is 1. The van der Waals surface area contributed by atoms with Crippen molar-refractivity contribution >= 4 is 20.9 Å². The summed E-state index contributed by atoms with van der Waals surface area (Å²) >= 11 is 0. The van der Waals surface area contributed by atoms with Crippen LogP contribution in [0.3, 0.4) is 0 Å². The number of aromatic amines is 1. The first-order chi connectivity index (χ1) is 13.5. The van der Waals surface area contributed by atoms with Gasteiger partial charge in [0.1, 0.15) is 0 Å². The van der Waals surface area contributed by atoms with E-state index >= 15 is 0 Å². The summed E-state index contributed by atoms with van der Waals surface area (Å²) in [5, 5.41) is 1.00. The molecule has 4 aromatic rings. The van der Waals surface area contributed by atoms with Gasteiger partial charge in [-0.05, 0) is 48.7 Å². The van der Waals surface area contributed by atoms with Crippen LogP contribution in [0, 0.1) is 13.8 Å². The fourth-order valence-corrected chi connectivity index (χ4v) is 4.67. The van der Waals surface area contributed by atoms with Gasteiger partial charge in [-0.3, -0.25) is 0 Å². The van der Waals surface area contributed by atoms with Gasteiger partial charge in [-0.15, -0.1) is 0 Å². The molecule has 1 aromatic heterocycles. The van der Waals surface area contributed by atoms with Crippen LogP contribution in [0.5, 0.6) is 0 Å². The number of hydrogen-bond donors (Lipinski definition) is 2. The van der Waals surface area contributed by atoms with E-state index in [1.165, 1.54) is 0 Å². The first kappa shape index (κ1) is 18.5. The average Bonchev–Trinajstić information content (AvgIpc) is 3.11. The molecule has 1 atom stereocenters. The number of hydrogen-bond acceptors (Lipinski definition) is 2. The van der Waals surface area contributed by atoms with Gasteiger partial charge in [0.2, 0.25) is 10.0 Å². The molecule has 3 aromatic carbocycles. The van der Waals surface area contributed by atoms with Crippen LogP contribution in [0.1, 0.15) is 28.3 Å². The fourth-order valence-electron chi connectivity index (χ4n) is 3.48. The number of sulfonamides is 1. The quantitative estimate of drug-likeness (QED) is 0.511. The lowest BCUT2D eigenvalue weighted by Gasteiger charge is -2.21. The first-order valence-electron chi connectivity index (χ1n) is 9.16. The minimum Gasteiger partial charge on any atom is -0.361 e. The lowest BCUT2D eigenvalue weighted by Crippen LogP contribution is -2.29. The Morgan fingerprint density at radius 2 is 1.50 bits per heavy atom. The smallest absolute Gasteiger partial charge is 0.241 e. The maximum Gasteiger partial charge on any atom is 0.241 e. The number of fused-ring (bicyclic) bond motifs is 1. The van der Waals surface area contributed by atoms with Crippen molar-refractivity contribution in [3.8, 4) is 0 Å². The van der Waals surface area contributed by atoms with Gasteiger partial charge < -0.3 is 4.98 Å². The third-order valence-corrected chi connectivity index (χ3v) is 6.47. The Hall–Kier alpha value is -2.89. The van der Waals surface area contributed by atoms with Gasteiger partial charge >= 0.3 is 0 Å². The van der Waals surface area contributed by atoms with Gasteiger partial charge in [0, 0.05) is 17.1 Å². The molecular weight excluding hydrogens is 368 g/mol. The molecule has 0 radical (unpaired) electrons. The normalized spacial score (nSPS) is 12.9. The molecule has 142 valence electrons. The zero-order valence-electron chi connectivity index (χ0n) is 15.8. The molecule has 0 aliphatic heterocycles. The van der Waals surface area contributed by atoms with Crippen LogP contribution in [-0.4, -0.2) is 13.4 Å². The summed E-state index contributed by atoms with van der Waals surface area (Å²) in [5.41, 5.74) is 4.87. The van der Waals surface area contributed by atoms with Crippen LogP contribution in [0.25, 0.3) is 10.9 Å². The molecule has 0 aliphatic carbocycles. The Labute approximate surface area is 165 Å². The molecule has 4 rings (SSSR count). The maximum atomic E-state index is 13.1. The van der Waals surface area contributed by atoms with E-state index in [1.54, 1.807) is 12.1 Å². The number of nitrogens with one attached hydrogen (secondary N) is 2. The number of H-pyrrole nitrogens is 1. The number of rotatable bonds is 5. The van der Waals surface area contributed by atoms with Crippen molar-refractivity contribution in [1.29, 1.82) is 0 Å². The van der Waals surface area contributed by atoms with E-state index in [-0.39, 0.29) is 4.90 Å². The summed E-state index contributed by atoms with van der Waals surface area (Å²) in [7, 11) is -3.70. The monoisotopic (exact) mass is 390 g/mol. The Bertz CT molecular complexity index is 1220. The van der Waals surface area contributed by atoms with Crippen molar-refractivity contribution in [2.24, 2.45) is 0 Å². The van der Waals surface area contributed by atoms with E-state index in [1.807, 2.05) is 80.7 Å². The average molecular weight is 391 g/mol. The second-order valence-corrected chi connectivity index (χ2v) is 8.73. The SMILES string of the molecule is Cc1ccc(S(=O)(=O)N[C@@H](c2ccccc2C)c2c[nH]c3ccccc23)cc1. The Morgan fingerprint density at radius 1 is 0.821 bits per heavy atom. The van der Waals surface area contributed by atoms with Crippen molar-refractivity contribution in [3.05, 3.63) is 101 Å². The van der Waals surface area contributed by atoms with Crippen LogP contribution in [-0.2, 0) is 10.0 Å². The van der Waals surface area contributed by atoms with Crippen molar-refractivity contribution in [2.45, 2.75) is 24.8 Å². The Balaban J connectivity index is 1.84. The van der Waals surface area contributed by atoms with Crippen molar-refractivity contribution < 1.29 is 8.42 Å². The maximum absolute atomic E-state index is 13.1. The van der Waals surface area contributed by atoms with Gasteiger partial charge in [-0.2, -0.15) is 4.72 Å². The summed E-state index contributed by atoms with van der Waals surface area (Å²) in [5.74, 6) is 0. The Kier molecular flexibility index (Phi) is 4.79. The van der Waals surface area contributed by atoms with E-state index in [2.05, 4.69) is 9.71 Å². The highest BCUT2D eigenvalue weighted by Gasteiger charge is 2.26. The van der Waals surface area contributed by atoms with Crippen molar-refractivity contribution in [1.82, 2.24) is 9.71 Å². The molecule has 0 saturated heterocycles. The topological polar surface area (TPSA) is 62.0 Å². The molecule has 0 bridgehead atoms. The van der Waals surface area contributed by atoms with E-state index in [4.69, 9.17) is 0 Å². The predicted molar refractivity (Wildman–Crippen MR) is 113 cm³/mol. The fraction of sp³-hybridized carbons (Fsp3) is 0.130. The minimum absolute atomic E-state index is 0.261. The van der Waals surface area contributed by atoms with E-state index in [9.17, 15) is 8.42 Å². The van der Waals surface area contributed by atoms with E-state index in [0.29, 0.717) is 0 Å². The zero-order valence-corrected chi connectivity index (χ0v) is 16.6. The summed E-state index contributed by atoms with van der Waals surface area (Å²) in [6, 6.07) is 22.2. The first-order valence-corrected chi connectivity index (χ1v) is 10.6. The van der Waals surface area contributed by atoms with Gasteiger partial charge in [0.15, 0.2) is 0 Å². The van der Waals surface area contributed by atoms with Gasteiger partial charge in [-0.1, -0.05) is 60.2 Å². The summed E-state index contributed by atoms with van der Waals surface area (Å²) < 4.78 is 29.2. The molecule has 0 saturated carbocycles. The second kappa shape index (κ2) is 7.26. The molecule has 0 spiro atoms. The minimum atomic E-state index is -3.70. The molecule has 0 aliphatic rings. The third kappa shape index (κ3) is 3.46. The molecular formula is C23H22N2O2S. The standard InChI is InChI=1S/C23H22N2O2S/c1-16-11-13-18(14-12-16)28(26,27)25-23(19-8-4-3-7-17(19)2)21-15-24-22-10-6-5-9-20(21)22/h3-15,23-25H,1-2H3/t23-/m0/s1.